The van der Waals surface area contributed by atoms with Crippen molar-refractivity contribution in [3.8, 4) is 0 Å². The summed E-state index contributed by atoms with van der Waals surface area (Å²) in [4.78, 5) is 12.7. The van der Waals surface area contributed by atoms with Crippen molar-refractivity contribution in [1.29, 1.82) is 0 Å². The molecule has 0 aliphatic heterocycles. The highest BCUT2D eigenvalue weighted by atomic mass is 35.5. The highest BCUT2D eigenvalue weighted by Crippen LogP contribution is 2.20. The number of rotatable bonds is 9. The minimum absolute atomic E-state index is 0.00363. The fraction of sp³-hybridized carbons (Fsp3) is 0.500. The smallest absolute Gasteiger partial charge is 0.220 e. The number of nitrogens with one attached hydrogen (secondary N) is 1. The van der Waals surface area contributed by atoms with Crippen LogP contribution < -0.4 is 5.32 Å². The standard InChI is InChI=1S/C14H20ClNO3S/c1-19-10-12(17)6-8-16-14(18)7-9-20-13-4-2-11(15)3-5-13/h2-5,12,17H,6-10H2,1H3,(H,16,18). The van der Waals surface area contributed by atoms with Crippen LogP contribution in [-0.4, -0.2) is 43.1 Å². The number of carbonyl (C=O) groups excluding carboxylic acids is 1. The number of carbonyl (C=O) groups is 1. The Morgan fingerprint density at radius 1 is 1.45 bits per heavy atom. The Morgan fingerprint density at radius 3 is 2.80 bits per heavy atom. The van der Waals surface area contributed by atoms with Crippen LogP contribution in [0.3, 0.4) is 0 Å². The molecule has 1 amide bonds. The van der Waals surface area contributed by atoms with Crippen molar-refractivity contribution in [2.75, 3.05) is 26.0 Å². The molecule has 6 heteroatoms. The van der Waals surface area contributed by atoms with E-state index in [0.717, 1.165) is 4.90 Å². The van der Waals surface area contributed by atoms with E-state index in [9.17, 15) is 9.90 Å². The first-order chi connectivity index (χ1) is 9.61. The summed E-state index contributed by atoms with van der Waals surface area (Å²) >= 11 is 7.42. The second-order valence-electron chi connectivity index (χ2n) is 4.30. The molecular weight excluding hydrogens is 298 g/mol. The molecule has 0 spiro atoms. The van der Waals surface area contributed by atoms with Gasteiger partial charge in [0.15, 0.2) is 0 Å². The van der Waals surface area contributed by atoms with Gasteiger partial charge in [0, 0.05) is 35.7 Å². The second-order valence-corrected chi connectivity index (χ2v) is 5.90. The van der Waals surface area contributed by atoms with Gasteiger partial charge in [0.2, 0.25) is 5.91 Å². The Morgan fingerprint density at radius 2 is 2.15 bits per heavy atom. The molecule has 0 aliphatic rings. The van der Waals surface area contributed by atoms with Crippen LogP contribution in [0, 0.1) is 0 Å². The number of amides is 1. The van der Waals surface area contributed by atoms with Crippen LogP contribution in [0.4, 0.5) is 0 Å². The van der Waals surface area contributed by atoms with Crippen molar-refractivity contribution in [3.63, 3.8) is 0 Å². The van der Waals surface area contributed by atoms with Crippen molar-refractivity contribution in [2.24, 2.45) is 0 Å². The first-order valence-corrected chi connectivity index (χ1v) is 7.80. The Balaban J connectivity index is 2.09. The number of aliphatic hydroxyl groups excluding tert-OH is 1. The number of aliphatic hydroxyl groups is 1. The van der Waals surface area contributed by atoms with Crippen LogP contribution in [0.25, 0.3) is 0 Å². The number of ether oxygens (including phenoxy) is 1. The van der Waals surface area contributed by atoms with Crippen molar-refractivity contribution in [1.82, 2.24) is 5.32 Å². The van der Waals surface area contributed by atoms with Gasteiger partial charge in [-0.3, -0.25) is 4.79 Å². The van der Waals surface area contributed by atoms with Crippen molar-refractivity contribution in [2.45, 2.75) is 23.8 Å². The van der Waals surface area contributed by atoms with Crippen molar-refractivity contribution >= 4 is 29.3 Å². The van der Waals surface area contributed by atoms with Gasteiger partial charge in [-0.15, -0.1) is 11.8 Å². The van der Waals surface area contributed by atoms with Gasteiger partial charge in [0.25, 0.3) is 0 Å². The summed E-state index contributed by atoms with van der Waals surface area (Å²) in [5.74, 6) is 0.713. The lowest BCUT2D eigenvalue weighted by Crippen LogP contribution is -2.28. The predicted octanol–water partition coefficient (Wildman–Crippen LogP) is 2.34. The maximum absolute atomic E-state index is 11.6. The Bertz CT molecular complexity index is 400. The number of halogens is 1. The molecule has 1 rings (SSSR count). The summed E-state index contributed by atoms with van der Waals surface area (Å²) in [7, 11) is 1.54. The number of thioether (sulfide) groups is 1. The zero-order chi connectivity index (χ0) is 14.8. The third-order valence-corrected chi connectivity index (χ3v) is 3.84. The minimum Gasteiger partial charge on any atom is -0.391 e. The fourth-order valence-electron chi connectivity index (χ4n) is 1.53. The molecule has 2 N–H and O–H groups in total. The largest absolute Gasteiger partial charge is 0.391 e. The average Bonchev–Trinajstić information content (AvgIpc) is 2.41. The fourth-order valence-corrected chi connectivity index (χ4v) is 2.51. The molecule has 0 bridgehead atoms. The summed E-state index contributed by atoms with van der Waals surface area (Å²) in [6, 6.07) is 7.54. The van der Waals surface area contributed by atoms with Gasteiger partial charge in [-0.05, 0) is 30.7 Å². The van der Waals surface area contributed by atoms with Gasteiger partial charge >= 0.3 is 0 Å². The number of hydrogen-bond donors (Lipinski definition) is 2. The zero-order valence-electron chi connectivity index (χ0n) is 11.5. The van der Waals surface area contributed by atoms with Crippen LogP contribution >= 0.6 is 23.4 Å². The maximum Gasteiger partial charge on any atom is 0.220 e. The van der Waals surface area contributed by atoms with Gasteiger partial charge < -0.3 is 15.2 Å². The van der Waals surface area contributed by atoms with E-state index >= 15 is 0 Å². The third-order valence-electron chi connectivity index (χ3n) is 2.57. The van der Waals surface area contributed by atoms with Gasteiger partial charge in [-0.2, -0.15) is 0 Å². The average molecular weight is 318 g/mol. The molecule has 0 fully saturated rings. The first kappa shape index (κ1) is 17.3. The number of benzene rings is 1. The van der Waals surface area contributed by atoms with Crippen LogP contribution in [0.1, 0.15) is 12.8 Å². The summed E-state index contributed by atoms with van der Waals surface area (Å²) in [5.41, 5.74) is 0. The third kappa shape index (κ3) is 7.75. The molecule has 0 aromatic heterocycles. The zero-order valence-corrected chi connectivity index (χ0v) is 13.0. The topological polar surface area (TPSA) is 58.6 Å². The molecule has 1 aromatic rings. The Hall–Kier alpha value is -0.750. The van der Waals surface area contributed by atoms with Gasteiger partial charge in [0.05, 0.1) is 12.7 Å². The monoisotopic (exact) mass is 317 g/mol. The van der Waals surface area contributed by atoms with E-state index in [4.69, 9.17) is 16.3 Å². The van der Waals surface area contributed by atoms with E-state index in [1.54, 1.807) is 11.8 Å². The lowest BCUT2D eigenvalue weighted by atomic mass is 10.2. The number of methoxy groups -OCH3 is 1. The molecule has 0 heterocycles. The highest BCUT2D eigenvalue weighted by molar-refractivity contribution is 7.99. The lowest BCUT2D eigenvalue weighted by molar-refractivity contribution is -0.120. The Labute approximate surface area is 128 Å². The van der Waals surface area contributed by atoms with E-state index in [-0.39, 0.29) is 5.91 Å². The molecule has 1 aromatic carbocycles. The van der Waals surface area contributed by atoms with E-state index < -0.39 is 6.10 Å². The normalized spacial score (nSPS) is 12.2. The summed E-state index contributed by atoms with van der Waals surface area (Å²) in [5, 5.41) is 12.9. The number of hydrogen-bond acceptors (Lipinski definition) is 4. The van der Waals surface area contributed by atoms with E-state index in [2.05, 4.69) is 5.32 Å². The highest BCUT2D eigenvalue weighted by Gasteiger charge is 2.05. The van der Waals surface area contributed by atoms with Crippen LogP contribution in [-0.2, 0) is 9.53 Å². The van der Waals surface area contributed by atoms with Crippen LogP contribution in [0.2, 0.25) is 5.02 Å². The molecular formula is C14H20ClNO3S. The van der Waals surface area contributed by atoms with Gasteiger partial charge in [-0.1, -0.05) is 11.6 Å². The molecule has 0 saturated heterocycles. The molecule has 20 heavy (non-hydrogen) atoms. The van der Waals surface area contributed by atoms with Crippen molar-refractivity contribution in [3.05, 3.63) is 29.3 Å². The summed E-state index contributed by atoms with van der Waals surface area (Å²) in [6.07, 6.45) is 0.432. The predicted molar refractivity (Wildman–Crippen MR) is 82.3 cm³/mol. The molecule has 1 unspecified atom stereocenters. The molecule has 0 aliphatic carbocycles. The van der Waals surface area contributed by atoms with E-state index in [0.29, 0.717) is 36.8 Å². The maximum atomic E-state index is 11.6. The SMILES string of the molecule is COCC(O)CCNC(=O)CCSc1ccc(Cl)cc1. The molecule has 1 atom stereocenters. The van der Waals surface area contributed by atoms with Gasteiger partial charge in [0.1, 0.15) is 0 Å². The molecule has 4 nitrogen and oxygen atoms in total. The summed E-state index contributed by atoms with van der Waals surface area (Å²) in [6.45, 7) is 0.761. The Kier molecular flexibility index (Phi) is 8.69. The molecule has 112 valence electrons. The summed E-state index contributed by atoms with van der Waals surface area (Å²) < 4.78 is 4.81. The lowest BCUT2D eigenvalue weighted by Gasteiger charge is -2.10. The second kappa shape index (κ2) is 10.0. The first-order valence-electron chi connectivity index (χ1n) is 6.44. The molecule has 0 radical (unpaired) electrons. The van der Waals surface area contributed by atoms with Crippen LogP contribution in [0.5, 0.6) is 0 Å². The van der Waals surface area contributed by atoms with E-state index in [1.165, 1.54) is 7.11 Å². The molecule has 0 saturated carbocycles. The quantitative estimate of drug-likeness (QED) is 0.686. The van der Waals surface area contributed by atoms with Crippen LogP contribution in [0.15, 0.2) is 29.2 Å². The van der Waals surface area contributed by atoms with Crippen molar-refractivity contribution < 1.29 is 14.6 Å². The van der Waals surface area contributed by atoms with Gasteiger partial charge in [-0.25, -0.2) is 0 Å². The van der Waals surface area contributed by atoms with E-state index in [1.807, 2.05) is 24.3 Å². The minimum atomic E-state index is -0.524.